The molecule has 0 bridgehead atoms. The van der Waals surface area contributed by atoms with Gasteiger partial charge in [0.1, 0.15) is 5.75 Å². The van der Waals surface area contributed by atoms with Crippen LogP contribution in [0.4, 0.5) is 4.79 Å². The molecule has 2 amide bonds. The van der Waals surface area contributed by atoms with Gasteiger partial charge in [0.05, 0.1) is 12.1 Å². The fourth-order valence-corrected chi connectivity index (χ4v) is 2.14. The van der Waals surface area contributed by atoms with Crippen molar-refractivity contribution in [2.24, 2.45) is 0 Å². The lowest BCUT2D eigenvalue weighted by Crippen LogP contribution is -2.40. The normalized spacial score (nSPS) is 19.9. The number of rotatable bonds is 4. The van der Waals surface area contributed by atoms with Gasteiger partial charge in [0.15, 0.2) is 0 Å². The largest absolute Gasteiger partial charge is 0.508 e. The second kappa shape index (κ2) is 6.43. The molecule has 0 saturated carbocycles. The van der Waals surface area contributed by atoms with Crippen molar-refractivity contribution in [3.8, 4) is 5.75 Å². The predicted molar refractivity (Wildman–Crippen MR) is 72.0 cm³/mol. The Labute approximate surface area is 113 Å². The van der Waals surface area contributed by atoms with Gasteiger partial charge in [-0.1, -0.05) is 12.1 Å². The van der Waals surface area contributed by atoms with Crippen LogP contribution in [-0.2, 0) is 4.74 Å². The lowest BCUT2D eigenvalue weighted by Gasteiger charge is -2.16. The van der Waals surface area contributed by atoms with Crippen molar-refractivity contribution in [1.29, 1.82) is 0 Å². The van der Waals surface area contributed by atoms with Gasteiger partial charge in [-0.2, -0.15) is 0 Å². The molecular formula is C14H20N2O3. The maximum Gasteiger partial charge on any atom is 0.315 e. The Kier molecular flexibility index (Phi) is 4.63. The van der Waals surface area contributed by atoms with Gasteiger partial charge in [-0.3, -0.25) is 0 Å². The molecule has 1 fully saturated rings. The van der Waals surface area contributed by atoms with Crippen LogP contribution < -0.4 is 10.6 Å². The number of nitrogens with one attached hydrogen (secondary N) is 2. The highest BCUT2D eigenvalue weighted by molar-refractivity contribution is 5.74. The first-order valence-corrected chi connectivity index (χ1v) is 6.60. The Morgan fingerprint density at radius 2 is 2.42 bits per heavy atom. The van der Waals surface area contributed by atoms with E-state index in [1.165, 1.54) is 0 Å². The molecule has 2 rings (SSSR count). The number of hydrogen-bond donors (Lipinski definition) is 3. The number of urea groups is 1. The molecule has 1 aromatic carbocycles. The third-order valence-corrected chi connectivity index (χ3v) is 3.23. The molecule has 1 heterocycles. The first-order valence-electron chi connectivity index (χ1n) is 6.60. The number of carbonyl (C=O) groups is 1. The standard InChI is InChI=1S/C14H20N2O3/c1-10(11-4-2-5-12(17)8-11)16-14(18)15-9-13-6-3-7-19-13/h2,4-5,8,10,13,17H,3,6-7,9H2,1H3,(H2,15,16,18)/t10-,13-/m1/s1. The van der Waals surface area contributed by atoms with Crippen molar-refractivity contribution in [3.63, 3.8) is 0 Å². The molecular weight excluding hydrogens is 244 g/mol. The van der Waals surface area contributed by atoms with Gasteiger partial charge in [-0.25, -0.2) is 4.79 Å². The first-order chi connectivity index (χ1) is 9.15. The maximum atomic E-state index is 11.7. The van der Waals surface area contributed by atoms with Gasteiger partial charge >= 0.3 is 6.03 Å². The fourth-order valence-electron chi connectivity index (χ4n) is 2.14. The molecule has 0 unspecified atom stereocenters. The topological polar surface area (TPSA) is 70.6 Å². The van der Waals surface area contributed by atoms with E-state index < -0.39 is 0 Å². The monoisotopic (exact) mass is 264 g/mol. The molecule has 0 aromatic heterocycles. The third-order valence-electron chi connectivity index (χ3n) is 3.23. The van der Waals surface area contributed by atoms with Crippen LogP contribution in [-0.4, -0.2) is 30.4 Å². The summed E-state index contributed by atoms with van der Waals surface area (Å²) in [6.45, 7) is 3.20. The van der Waals surface area contributed by atoms with Crippen molar-refractivity contribution in [2.45, 2.75) is 31.9 Å². The van der Waals surface area contributed by atoms with Gasteiger partial charge < -0.3 is 20.5 Å². The molecule has 2 atom stereocenters. The van der Waals surface area contributed by atoms with E-state index in [9.17, 15) is 9.90 Å². The van der Waals surface area contributed by atoms with Crippen LogP contribution in [0.25, 0.3) is 0 Å². The fraction of sp³-hybridized carbons (Fsp3) is 0.500. The third kappa shape index (κ3) is 4.13. The summed E-state index contributed by atoms with van der Waals surface area (Å²) in [5, 5.41) is 15.0. The lowest BCUT2D eigenvalue weighted by atomic mass is 10.1. The average molecular weight is 264 g/mol. The molecule has 19 heavy (non-hydrogen) atoms. The van der Waals surface area contributed by atoms with Crippen LogP contribution >= 0.6 is 0 Å². The van der Waals surface area contributed by atoms with Crippen LogP contribution in [0.3, 0.4) is 0 Å². The highest BCUT2D eigenvalue weighted by Gasteiger charge is 2.16. The molecule has 0 radical (unpaired) electrons. The van der Waals surface area contributed by atoms with E-state index in [-0.39, 0.29) is 23.9 Å². The summed E-state index contributed by atoms with van der Waals surface area (Å²) >= 11 is 0. The van der Waals surface area contributed by atoms with E-state index >= 15 is 0 Å². The number of phenols is 1. The number of ether oxygens (including phenoxy) is 1. The van der Waals surface area contributed by atoms with Gasteiger partial charge in [-0.15, -0.1) is 0 Å². The summed E-state index contributed by atoms with van der Waals surface area (Å²) in [6.07, 6.45) is 2.21. The molecule has 1 saturated heterocycles. The maximum absolute atomic E-state index is 11.7. The minimum absolute atomic E-state index is 0.141. The van der Waals surface area contributed by atoms with Crippen LogP contribution in [0.1, 0.15) is 31.4 Å². The highest BCUT2D eigenvalue weighted by atomic mass is 16.5. The predicted octanol–water partition coefficient (Wildman–Crippen LogP) is 1.93. The van der Waals surface area contributed by atoms with Crippen molar-refractivity contribution in [2.75, 3.05) is 13.2 Å². The zero-order valence-electron chi connectivity index (χ0n) is 11.1. The van der Waals surface area contributed by atoms with Crippen molar-refractivity contribution < 1.29 is 14.6 Å². The van der Waals surface area contributed by atoms with Crippen molar-refractivity contribution >= 4 is 6.03 Å². The van der Waals surface area contributed by atoms with E-state index in [0.29, 0.717) is 6.54 Å². The molecule has 3 N–H and O–H groups in total. The van der Waals surface area contributed by atoms with E-state index in [0.717, 1.165) is 25.0 Å². The number of phenolic OH excluding ortho intramolecular Hbond substituents is 1. The zero-order chi connectivity index (χ0) is 13.7. The summed E-state index contributed by atoms with van der Waals surface area (Å²) in [5.41, 5.74) is 0.868. The van der Waals surface area contributed by atoms with Gasteiger partial charge in [0.2, 0.25) is 0 Å². The second-order valence-corrected chi connectivity index (χ2v) is 4.81. The Morgan fingerprint density at radius 3 is 3.11 bits per heavy atom. The van der Waals surface area contributed by atoms with E-state index in [2.05, 4.69) is 10.6 Å². The number of hydrogen-bond acceptors (Lipinski definition) is 3. The van der Waals surface area contributed by atoms with Crippen LogP contribution in [0.15, 0.2) is 24.3 Å². The first kappa shape index (κ1) is 13.7. The molecule has 104 valence electrons. The van der Waals surface area contributed by atoms with Gasteiger partial charge in [0.25, 0.3) is 0 Å². The minimum atomic E-state index is -0.216. The van der Waals surface area contributed by atoms with Crippen LogP contribution in [0.2, 0.25) is 0 Å². The number of carbonyl (C=O) groups excluding carboxylic acids is 1. The van der Waals surface area contributed by atoms with Crippen molar-refractivity contribution in [3.05, 3.63) is 29.8 Å². The molecule has 5 nitrogen and oxygen atoms in total. The smallest absolute Gasteiger partial charge is 0.315 e. The summed E-state index contributed by atoms with van der Waals surface area (Å²) in [7, 11) is 0. The highest BCUT2D eigenvalue weighted by Crippen LogP contribution is 2.17. The van der Waals surface area contributed by atoms with Crippen molar-refractivity contribution in [1.82, 2.24) is 10.6 Å². The SMILES string of the molecule is C[C@@H](NC(=O)NC[C@H]1CCCO1)c1cccc(O)c1. The Balaban J connectivity index is 1.77. The minimum Gasteiger partial charge on any atom is -0.508 e. The Morgan fingerprint density at radius 1 is 1.58 bits per heavy atom. The molecule has 1 aliphatic rings. The number of amides is 2. The van der Waals surface area contributed by atoms with E-state index in [1.807, 2.05) is 13.0 Å². The van der Waals surface area contributed by atoms with Gasteiger partial charge in [-0.05, 0) is 37.5 Å². The lowest BCUT2D eigenvalue weighted by molar-refractivity contribution is 0.111. The Bertz CT molecular complexity index is 430. The Hall–Kier alpha value is -1.75. The van der Waals surface area contributed by atoms with Crippen LogP contribution in [0, 0.1) is 0 Å². The van der Waals surface area contributed by atoms with Gasteiger partial charge in [0, 0.05) is 13.2 Å². The summed E-state index contributed by atoms with van der Waals surface area (Å²) in [4.78, 5) is 11.7. The summed E-state index contributed by atoms with van der Waals surface area (Å²) < 4.78 is 5.43. The van der Waals surface area contributed by atoms with Crippen LogP contribution in [0.5, 0.6) is 5.75 Å². The summed E-state index contributed by atoms with van der Waals surface area (Å²) in [6, 6.07) is 6.50. The molecule has 1 aliphatic heterocycles. The summed E-state index contributed by atoms with van der Waals surface area (Å²) in [5.74, 6) is 0.200. The molecule has 5 heteroatoms. The number of aromatic hydroxyl groups is 1. The molecule has 0 spiro atoms. The average Bonchev–Trinajstić information content (AvgIpc) is 2.89. The van der Waals surface area contributed by atoms with E-state index in [4.69, 9.17) is 4.74 Å². The quantitative estimate of drug-likeness (QED) is 0.778. The molecule has 0 aliphatic carbocycles. The van der Waals surface area contributed by atoms with E-state index in [1.54, 1.807) is 18.2 Å². The zero-order valence-corrected chi connectivity index (χ0v) is 11.1. The molecule has 1 aromatic rings. The second-order valence-electron chi connectivity index (χ2n) is 4.81. The number of benzene rings is 1.